The maximum absolute atomic E-state index is 3.37. The van der Waals surface area contributed by atoms with Gasteiger partial charge >= 0.3 is 0 Å². The Labute approximate surface area is 172 Å². The Morgan fingerprint density at radius 3 is 2.35 bits per heavy atom. The van der Waals surface area contributed by atoms with Gasteiger partial charge in [-0.15, -0.1) is 0 Å². The van der Waals surface area contributed by atoms with Gasteiger partial charge in [-0.05, 0) is 37.4 Å². The summed E-state index contributed by atoms with van der Waals surface area (Å²) in [6, 6.07) is 23.4. The third-order valence-corrected chi connectivity index (χ3v) is 5.18. The van der Waals surface area contributed by atoms with Crippen LogP contribution in [0.5, 0.6) is 0 Å². The third kappa shape index (κ3) is 3.05. The molecule has 0 amide bonds. The lowest BCUT2D eigenvalue weighted by Gasteiger charge is -2.15. The number of hydrogen-bond donors (Lipinski definition) is 1. The van der Waals surface area contributed by atoms with Gasteiger partial charge in [0.2, 0.25) is 5.69 Å². The molecule has 0 saturated heterocycles. The summed E-state index contributed by atoms with van der Waals surface area (Å²) in [5, 5.41) is 5.97. The summed E-state index contributed by atoms with van der Waals surface area (Å²) in [6.45, 7) is 4.60. The second-order valence-corrected chi connectivity index (χ2v) is 7.10. The largest absolute Gasteiger partial charge is 1.00 e. The lowest BCUT2D eigenvalue weighted by atomic mass is 9.81. The molecule has 0 spiro atoms. The molecule has 1 N–H and O–H groups in total. The summed E-state index contributed by atoms with van der Waals surface area (Å²) in [6.07, 6.45) is 4.23. The molecule has 0 fully saturated rings. The van der Waals surface area contributed by atoms with Crippen LogP contribution in [0.2, 0.25) is 0 Å². The fraction of sp³-hybridized carbons (Fsp3) is 0.174. The standard InChI is InChI=1S/C23H22N2.HI/c1-23(2)20-14-13-17-9-7-8-12-19(17)22(20)25(3)21(23)15-16-24-18-10-5-4-6-11-18;/h4-16H,1-3H3;1H. The van der Waals surface area contributed by atoms with Gasteiger partial charge in [0.25, 0.3) is 0 Å². The van der Waals surface area contributed by atoms with E-state index in [1.165, 1.54) is 27.7 Å². The van der Waals surface area contributed by atoms with E-state index >= 15 is 0 Å². The zero-order valence-electron chi connectivity index (χ0n) is 15.3. The van der Waals surface area contributed by atoms with E-state index in [0.29, 0.717) is 0 Å². The van der Waals surface area contributed by atoms with Crippen LogP contribution < -0.4 is 29.3 Å². The van der Waals surface area contributed by atoms with Crippen molar-refractivity contribution in [1.82, 2.24) is 0 Å². The summed E-state index contributed by atoms with van der Waals surface area (Å²) in [5.74, 6) is 0. The second-order valence-electron chi connectivity index (χ2n) is 7.10. The van der Waals surface area contributed by atoms with Crippen molar-refractivity contribution < 1.29 is 28.6 Å². The van der Waals surface area contributed by atoms with Crippen LogP contribution in [0.15, 0.2) is 79.0 Å². The summed E-state index contributed by atoms with van der Waals surface area (Å²) in [4.78, 5) is 0. The van der Waals surface area contributed by atoms with E-state index in [-0.39, 0.29) is 29.4 Å². The van der Waals surface area contributed by atoms with Gasteiger partial charge in [-0.3, -0.25) is 0 Å². The highest BCUT2D eigenvalue weighted by Gasteiger charge is 2.43. The van der Waals surface area contributed by atoms with Crippen LogP contribution in [0.25, 0.3) is 10.8 Å². The van der Waals surface area contributed by atoms with Crippen molar-refractivity contribution in [3.63, 3.8) is 0 Å². The quantitative estimate of drug-likeness (QED) is 0.475. The van der Waals surface area contributed by atoms with Gasteiger partial charge in [-0.25, -0.2) is 0 Å². The lowest BCUT2D eigenvalue weighted by Crippen LogP contribution is -3.00. The monoisotopic (exact) mass is 454 g/mol. The smallest absolute Gasteiger partial charge is 0.217 e. The van der Waals surface area contributed by atoms with Crippen LogP contribution in [-0.4, -0.2) is 17.3 Å². The molecule has 0 aromatic heterocycles. The number of anilines is 1. The molecule has 0 radical (unpaired) electrons. The fourth-order valence-corrected chi connectivity index (χ4v) is 3.87. The number of benzene rings is 3. The topological polar surface area (TPSA) is 15.0 Å². The Bertz CT molecular complexity index is 1000. The number of fused-ring (bicyclic) bond motifs is 3. The van der Waals surface area contributed by atoms with Gasteiger partial charge in [0.15, 0.2) is 5.71 Å². The molecular formula is C23H23IN2. The van der Waals surface area contributed by atoms with Crippen LogP contribution in [0.1, 0.15) is 19.4 Å². The SMILES string of the molecule is C[N+]1=C(/C=C/Nc2ccccc2)C(C)(C)c2ccc3ccccc3c21.[I-]. The van der Waals surface area contributed by atoms with Gasteiger partial charge < -0.3 is 29.3 Å². The highest BCUT2D eigenvalue weighted by atomic mass is 127. The minimum atomic E-state index is -0.0248. The molecule has 1 aliphatic rings. The number of rotatable bonds is 3. The van der Waals surface area contributed by atoms with Crippen molar-refractivity contribution in [2.45, 2.75) is 19.3 Å². The summed E-state index contributed by atoms with van der Waals surface area (Å²) in [5.41, 5.74) is 5.07. The Balaban J connectivity index is 0.00000196. The van der Waals surface area contributed by atoms with E-state index in [1.807, 2.05) is 24.4 Å². The first-order valence-corrected chi connectivity index (χ1v) is 8.70. The average molecular weight is 454 g/mol. The molecule has 3 aromatic carbocycles. The first kappa shape index (κ1) is 18.6. The summed E-state index contributed by atoms with van der Waals surface area (Å²) < 4.78 is 2.33. The number of nitrogens with zero attached hydrogens (tertiary/aromatic N) is 1. The number of allylic oxidation sites excluding steroid dienone is 1. The third-order valence-electron chi connectivity index (χ3n) is 5.18. The van der Waals surface area contributed by atoms with Crippen LogP contribution in [0.3, 0.4) is 0 Å². The van der Waals surface area contributed by atoms with E-state index < -0.39 is 0 Å². The molecule has 4 rings (SSSR count). The van der Waals surface area contributed by atoms with E-state index in [9.17, 15) is 0 Å². The van der Waals surface area contributed by atoms with Crippen molar-refractivity contribution in [2.75, 3.05) is 12.4 Å². The van der Waals surface area contributed by atoms with E-state index in [4.69, 9.17) is 0 Å². The highest BCUT2D eigenvalue weighted by Crippen LogP contribution is 2.43. The molecule has 0 bridgehead atoms. The highest BCUT2D eigenvalue weighted by molar-refractivity contribution is 6.07. The Kier molecular flexibility index (Phi) is 5.19. The molecule has 0 unspecified atom stereocenters. The van der Waals surface area contributed by atoms with Gasteiger partial charge in [0.05, 0.1) is 10.8 Å². The number of hydrogen-bond acceptors (Lipinski definition) is 1. The first-order chi connectivity index (χ1) is 12.1. The van der Waals surface area contributed by atoms with Crippen molar-refractivity contribution >= 4 is 27.9 Å². The zero-order valence-corrected chi connectivity index (χ0v) is 17.5. The lowest BCUT2D eigenvalue weighted by molar-refractivity contribution is -0.399. The molecule has 3 heteroatoms. The maximum Gasteiger partial charge on any atom is 0.217 e. The molecule has 2 nitrogen and oxygen atoms in total. The van der Waals surface area contributed by atoms with Crippen molar-refractivity contribution in [3.05, 3.63) is 84.6 Å². The second kappa shape index (κ2) is 7.23. The van der Waals surface area contributed by atoms with Crippen LogP contribution in [0.4, 0.5) is 11.4 Å². The van der Waals surface area contributed by atoms with Gasteiger partial charge in [0, 0.05) is 23.5 Å². The van der Waals surface area contributed by atoms with Crippen molar-refractivity contribution in [2.24, 2.45) is 0 Å². The molecule has 0 aliphatic carbocycles. The van der Waals surface area contributed by atoms with Crippen molar-refractivity contribution in [3.8, 4) is 0 Å². The predicted molar refractivity (Wildman–Crippen MR) is 107 cm³/mol. The van der Waals surface area contributed by atoms with Crippen LogP contribution in [-0.2, 0) is 5.41 Å². The minimum Gasteiger partial charge on any atom is -1.00 e. The Morgan fingerprint density at radius 1 is 0.885 bits per heavy atom. The predicted octanol–water partition coefficient (Wildman–Crippen LogP) is 2.48. The van der Waals surface area contributed by atoms with Gasteiger partial charge in [0.1, 0.15) is 7.05 Å². The summed E-state index contributed by atoms with van der Waals surface area (Å²) >= 11 is 0. The Morgan fingerprint density at radius 2 is 1.58 bits per heavy atom. The molecule has 132 valence electrons. The van der Waals surface area contributed by atoms with Crippen LogP contribution in [0, 0.1) is 0 Å². The zero-order chi connectivity index (χ0) is 17.4. The number of halogens is 1. The van der Waals surface area contributed by atoms with E-state index in [1.54, 1.807) is 0 Å². The molecule has 0 saturated carbocycles. The van der Waals surface area contributed by atoms with Gasteiger partial charge in [-0.1, -0.05) is 48.5 Å². The number of nitrogens with one attached hydrogen (secondary N) is 1. The van der Waals surface area contributed by atoms with Crippen molar-refractivity contribution in [1.29, 1.82) is 0 Å². The molecular weight excluding hydrogens is 431 g/mol. The molecule has 1 heterocycles. The van der Waals surface area contributed by atoms with Gasteiger partial charge in [-0.2, -0.15) is 4.58 Å². The average Bonchev–Trinajstić information content (AvgIpc) is 2.83. The Hall–Kier alpha value is -2.14. The van der Waals surface area contributed by atoms with E-state index in [0.717, 1.165) is 5.69 Å². The molecule has 0 atom stereocenters. The number of para-hydroxylation sites is 1. The minimum absolute atomic E-state index is 0. The normalized spacial score (nSPS) is 15.2. The van der Waals surface area contributed by atoms with E-state index in [2.05, 4.69) is 85.4 Å². The van der Waals surface area contributed by atoms with Crippen LogP contribution >= 0.6 is 0 Å². The molecule has 1 aliphatic heterocycles. The maximum atomic E-state index is 3.37. The summed E-state index contributed by atoms with van der Waals surface area (Å²) in [7, 11) is 2.17. The fourth-order valence-electron chi connectivity index (χ4n) is 3.87. The first-order valence-electron chi connectivity index (χ1n) is 8.70. The molecule has 3 aromatic rings. The molecule has 26 heavy (non-hydrogen) atoms.